The summed E-state index contributed by atoms with van der Waals surface area (Å²) < 4.78 is 0. The molecular weight excluding hydrogens is 404 g/mol. The Morgan fingerprint density at radius 3 is 2.47 bits per heavy atom. The average molecular weight is 443 g/mol. The van der Waals surface area contributed by atoms with E-state index < -0.39 is 5.54 Å². The van der Waals surface area contributed by atoms with Crippen molar-refractivity contribution in [2.24, 2.45) is 4.99 Å². The Balaban J connectivity index is 1.44. The highest BCUT2D eigenvalue weighted by Gasteiger charge is 2.45. The van der Waals surface area contributed by atoms with Crippen molar-refractivity contribution in [1.29, 1.82) is 0 Å². The molecule has 2 aliphatic heterocycles. The monoisotopic (exact) mass is 442 g/mol. The van der Waals surface area contributed by atoms with Crippen molar-refractivity contribution in [2.45, 2.75) is 58.0 Å². The molecule has 32 heavy (non-hydrogen) atoms. The first-order chi connectivity index (χ1) is 15.4. The van der Waals surface area contributed by atoms with Crippen LogP contribution in [0.2, 0.25) is 0 Å². The minimum atomic E-state index is -0.773. The zero-order chi connectivity index (χ0) is 23.1. The number of amides is 3. The number of imide groups is 1. The maximum absolute atomic E-state index is 12.5. The fraction of sp³-hybridized carbons (Fsp3) is 0.625. The van der Waals surface area contributed by atoms with E-state index in [0.717, 1.165) is 25.6 Å². The summed E-state index contributed by atoms with van der Waals surface area (Å²) in [6.07, 6.45) is 5.15. The summed E-state index contributed by atoms with van der Waals surface area (Å²) in [7, 11) is 3.78. The molecule has 2 saturated heterocycles. The van der Waals surface area contributed by atoms with Crippen LogP contribution in [0.15, 0.2) is 29.3 Å². The number of carbonyl (C=O) groups excluding carboxylic acids is 2. The predicted molar refractivity (Wildman–Crippen MR) is 129 cm³/mol. The molecule has 0 aromatic heterocycles. The van der Waals surface area contributed by atoms with Crippen LogP contribution in [0, 0.1) is 0 Å². The molecule has 8 nitrogen and oxygen atoms in total. The zero-order valence-corrected chi connectivity index (χ0v) is 20.0. The van der Waals surface area contributed by atoms with Crippen molar-refractivity contribution in [3.05, 3.63) is 29.8 Å². The van der Waals surface area contributed by atoms with Gasteiger partial charge in [0.25, 0.3) is 5.91 Å². The Morgan fingerprint density at radius 2 is 1.88 bits per heavy atom. The molecule has 3 amide bonds. The second kappa shape index (κ2) is 10.7. The molecule has 1 unspecified atom stereocenters. The fourth-order valence-corrected chi connectivity index (χ4v) is 4.32. The van der Waals surface area contributed by atoms with Gasteiger partial charge in [0.15, 0.2) is 5.96 Å². The largest absolute Gasteiger partial charge is 0.372 e. The number of piperidine rings is 1. The maximum atomic E-state index is 12.5. The van der Waals surface area contributed by atoms with Crippen LogP contribution in [0.25, 0.3) is 0 Å². The van der Waals surface area contributed by atoms with Gasteiger partial charge >= 0.3 is 6.03 Å². The highest BCUT2D eigenvalue weighted by atomic mass is 16.2. The minimum absolute atomic E-state index is 0.139. The number of hydrogen-bond acceptors (Lipinski definition) is 4. The fourth-order valence-electron chi connectivity index (χ4n) is 4.32. The molecule has 2 heterocycles. The zero-order valence-electron chi connectivity index (χ0n) is 20.0. The SMILES string of the molecule is CCC1(C)NC(=O)N(CCCNC(=NC)N(C)Cc2ccc(N3CCCCC3)cc2)C1=O. The van der Waals surface area contributed by atoms with Crippen LogP contribution >= 0.6 is 0 Å². The second-order valence-corrected chi connectivity index (χ2v) is 8.97. The number of hydrogen-bond donors (Lipinski definition) is 2. The number of benzene rings is 1. The van der Waals surface area contributed by atoms with Crippen molar-refractivity contribution in [1.82, 2.24) is 20.4 Å². The van der Waals surface area contributed by atoms with Gasteiger partial charge in [0.1, 0.15) is 5.54 Å². The topological polar surface area (TPSA) is 80.3 Å². The summed E-state index contributed by atoms with van der Waals surface area (Å²) in [6, 6.07) is 8.51. The Bertz CT molecular complexity index is 818. The van der Waals surface area contributed by atoms with Gasteiger partial charge in [-0.1, -0.05) is 19.1 Å². The lowest BCUT2D eigenvalue weighted by molar-refractivity contribution is -0.130. The third-order valence-corrected chi connectivity index (χ3v) is 6.54. The summed E-state index contributed by atoms with van der Waals surface area (Å²) in [5, 5.41) is 6.13. The van der Waals surface area contributed by atoms with Crippen LogP contribution in [-0.2, 0) is 11.3 Å². The third kappa shape index (κ3) is 5.53. The summed E-state index contributed by atoms with van der Waals surface area (Å²) in [5.41, 5.74) is 1.76. The van der Waals surface area contributed by atoms with Crippen molar-refractivity contribution >= 4 is 23.6 Å². The van der Waals surface area contributed by atoms with Gasteiger partial charge in [-0.3, -0.25) is 14.7 Å². The third-order valence-electron chi connectivity index (χ3n) is 6.54. The second-order valence-electron chi connectivity index (χ2n) is 8.97. The number of urea groups is 1. The molecule has 8 heteroatoms. The Kier molecular flexibility index (Phi) is 7.99. The van der Waals surface area contributed by atoms with E-state index in [1.54, 1.807) is 14.0 Å². The normalized spacial score (nSPS) is 21.7. The first kappa shape index (κ1) is 23.9. The van der Waals surface area contributed by atoms with Crippen LogP contribution in [0.3, 0.4) is 0 Å². The molecule has 1 aromatic carbocycles. The van der Waals surface area contributed by atoms with Crippen molar-refractivity contribution in [3.8, 4) is 0 Å². The summed E-state index contributed by atoms with van der Waals surface area (Å²) >= 11 is 0. The number of anilines is 1. The lowest BCUT2D eigenvalue weighted by Crippen LogP contribution is -2.43. The number of guanidine groups is 1. The number of carbonyl (C=O) groups is 2. The van der Waals surface area contributed by atoms with Crippen molar-refractivity contribution < 1.29 is 9.59 Å². The molecule has 0 saturated carbocycles. The number of nitrogens with zero attached hydrogens (tertiary/aromatic N) is 4. The van der Waals surface area contributed by atoms with Crippen molar-refractivity contribution in [3.63, 3.8) is 0 Å². The molecule has 1 aromatic rings. The van der Waals surface area contributed by atoms with Crippen LogP contribution in [0.1, 0.15) is 51.5 Å². The first-order valence-corrected chi connectivity index (χ1v) is 11.8. The summed E-state index contributed by atoms with van der Waals surface area (Å²) in [5.74, 6) is 0.653. The Labute approximate surface area is 192 Å². The molecule has 2 N–H and O–H groups in total. The summed E-state index contributed by atoms with van der Waals surface area (Å²) in [6.45, 7) is 7.76. The van der Waals surface area contributed by atoms with E-state index in [2.05, 4.69) is 49.7 Å². The van der Waals surface area contributed by atoms with E-state index in [9.17, 15) is 9.59 Å². The van der Waals surface area contributed by atoms with Gasteiger partial charge in [-0.05, 0) is 56.7 Å². The molecule has 3 rings (SSSR count). The average Bonchev–Trinajstić information content (AvgIpc) is 3.03. The maximum Gasteiger partial charge on any atom is 0.325 e. The number of rotatable bonds is 8. The van der Waals surface area contributed by atoms with E-state index in [-0.39, 0.29) is 11.9 Å². The first-order valence-electron chi connectivity index (χ1n) is 11.8. The standard InChI is InChI=1S/C24H38N6O2/c1-5-24(2)21(31)30(23(32)27-24)17-9-14-26-22(25-3)28(4)18-19-10-12-20(13-11-19)29-15-7-6-8-16-29/h10-13H,5-9,14-18H2,1-4H3,(H,25,26)(H,27,32). The van der Waals surface area contributed by atoms with Crippen molar-refractivity contribution in [2.75, 3.05) is 45.2 Å². The van der Waals surface area contributed by atoms with E-state index in [1.165, 1.54) is 35.4 Å². The molecule has 0 aliphatic carbocycles. The predicted octanol–water partition coefficient (Wildman–Crippen LogP) is 2.79. The lowest BCUT2D eigenvalue weighted by atomic mass is 9.99. The Morgan fingerprint density at radius 1 is 1.19 bits per heavy atom. The van der Waals surface area contributed by atoms with Gasteiger partial charge in [-0.25, -0.2) is 4.79 Å². The van der Waals surface area contributed by atoms with E-state index in [1.807, 2.05) is 14.0 Å². The van der Waals surface area contributed by atoms with Gasteiger partial charge < -0.3 is 20.4 Å². The molecule has 1 atom stereocenters. The molecule has 2 aliphatic rings. The van der Waals surface area contributed by atoms with Gasteiger partial charge in [-0.2, -0.15) is 0 Å². The van der Waals surface area contributed by atoms with Gasteiger partial charge in [0.2, 0.25) is 0 Å². The molecular formula is C24H38N6O2. The lowest BCUT2D eigenvalue weighted by Gasteiger charge is -2.29. The molecule has 0 radical (unpaired) electrons. The van der Waals surface area contributed by atoms with Crippen LogP contribution in [-0.4, -0.2) is 73.5 Å². The molecule has 176 valence electrons. The van der Waals surface area contributed by atoms with E-state index >= 15 is 0 Å². The number of nitrogens with one attached hydrogen (secondary N) is 2. The van der Waals surface area contributed by atoms with E-state index in [4.69, 9.17) is 0 Å². The van der Waals surface area contributed by atoms with Crippen LogP contribution in [0.5, 0.6) is 0 Å². The van der Waals surface area contributed by atoms with Crippen LogP contribution < -0.4 is 15.5 Å². The molecule has 2 fully saturated rings. The highest BCUT2D eigenvalue weighted by molar-refractivity contribution is 6.06. The van der Waals surface area contributed by atoms with E-state index in [0.29, 0.717) is 25.9 Å². The van der Waals surface area contributed by atoms with Gasteiger partial charge in [-0.15, -0.1) is 0 Å². The molecule has 0 bridgehead atoms. The summed E-state index contributed by atoms with van der Waals surface area (Å²) in [4.78, 5) is 34.8. The van der Waals surface area contributed by atoms with Gasteiger partial charge in [0.05, 0.1) is 0 Å². The Hall–Kier alpha value is -2.77. The molecule has 0 spiro atoms. The quantitative estimate of drug-likeness (QED) is 0.280. The van der Waals surface area contributed by atoms with Gasteiger partial charge in [0, 0.05) is 52.5 Å². The minimum Gasteiger partial charge on any atom is -0.372 e. The highest BCUT2D eigenvalue weighted by Crippen LogP contribution is 2.21. The van der Waals surface area contributed by atoms with Crippen LogP contribution in [0.4, 0.5) is 10.5 Å². The smallest absolute Gasteiger partial charge is 0.325 e. The number of aliphatic imine (C=N–C) groups is 1.